The summed E-state index contributed by atoms with van der Waals surface area (Å²) in [6.45, 7) is 16.3. The molecule has 1 aromatic rings. The predicted molar refractivity (Wildman–Crippen MR) is 134 cm³/mol. The van der Waals surface area contributed by atoms with Crippen molar-refractivity contribution in [1.29, 1.82) is 0 Å². The lowest BCUT2D eigenvalue weighted by atomic mass is 10.2. The standard InChI is InChI=1S/C19H34O2Si2.4CH4/c1-7-9-15-22(3,4)21-23(5,6)16-11-14-20-19-13-10-12-18(8-2)17-19;;;;/h8,10,12-13,17H,2,7,9,11,14-16H2,1,3-6H3;4*1H4. The van der Waals surface area contributed by atoms with Gasteiger partial charge in [-0.05, 0) is 62.4 Å². The van der Waals surface area contributed by atoms with Gasteiger partial charge in [-0.25, -0.2) is 0 Å². The first kappa shape index (κ1) is 33.7. The maximum atomic E-state index is 6.63. The van der Waals surface area contributed by atoms with E-state index in [2.05, 4.69) is 39.7 Å². The molecule has 2 nitrogen and oxygen atoms in total. The van der Waals surface area contributed by atoms with Crippen molar-refractivity contribution in [3.63, 3.8) is 0 Å². The predicted octanol–water partition coefficient (Wildman–Crippen LogP) is 8.87. The van der Waals surface area contributed by atoms with Crippen LogP contribution in [-0.2, 0) is 4.12 Å². The average molecular weight is 415 g/mol. The molecule has 0 spiro atoms. The molecule has 0 aliphatic heterocycles. The van der Waals surface area contributed by atoms with Crippen LogP contribution < -0.4 is 4.74 Å². The highest BCUT2D eigenvalue weighted by molar-refractivity contribution is 6.84. The summed E-state index contributed by atoms with van der Waals surface area (Å²) in [6.07, 6.45) is 5.47. The van der Waals surface area contributed by atoms with Crippen molar-refractivity contribution in [2.45, 2.75) is 94.2 Å². The molecule has 0 aromatic heterocycles. The van der Waals surface area contributed by atoms with Crippen LogP contribution in [0.1, 0.15) is 61.5 Å². The highest BCUT2D eigenvalue weighted by Crippen LogP contribution is 2.24. The van der Waals surface area contributed by atoms with E-state index >= 15 is 0 Å². The van der Waals surface area contributed by atoms with Crippen LogP contribution in [0.5, 0.6) is 5.75 Å². The second kappa shape index (κ2) is 16.1. The summed E-state index contributed by atoms with van der Waals surface area (Å²) in [4.78, 5) is 0. The smallest absolute Gasteiger partial charge is 0.173 e. The van der Waals surface area contributed by atoms with Gasteiger partial charge in [0, 0.05) is 0 Å². The minimum Gasteiger partial charge on any atom is -0.494 e. The van der Waals surface area contributed by atoms with Gasteiger partial charge in [-0.1, -0.05) is 74.3 Å². The second-order valence-electron chi connectivity index (χ2n) is 7.45. The summed E-state index contributed by atoms with van der Waals surface area (Å²) in [6, 6.07) is 10.5. The first-order chi connectivity index (χ1) is 10.8. The van der Waals surface area contributed by atoms with Crippen LogP contribution in [0.25, 0.3) is 6.08 Å². The number of hydrogen-bond donors (Lipinski definition) is 0. The fourth-order valence-electron chi connectivity index (χ4n) is 2.87. The Labute approximate surface area is 174 Å². The van der Waals surface area contributed by atoms with Gasteiger partial charge in [-0.2, -0.15) is 0 Å². The molecule has 0 radical (unpaired) electrons. The van der Waals surface area contributed by atoms with Gasteiger partial charge >= 0.3 is 0 Å². The Hall–Kier alpha value is -0.846. The zero-order valence-corrected chi connectivity index (χ0v) is 17.7. The molecule has 0 aliphatic rings. The molecule has 1 rings (SSSR count). The van der Waals surface area contributed by atoms with Crippen molar-refractivity contribution in [2.75, 3.05) is 6.61 Å². The molecule has 0 N–H and O–H groups in total. The van der Waals surface area contributed by atoms with E-state index < -0.39 is 16.6 Å². The van der Waals surface area contributed by atoms with Crippen molar-refractivity contribution in [2.24, 2.45) is 0 Å². The Balaban J connectivity index is -0.000000661. The van der Waals surface area contributed by atoms with E-state index in [1.165, 1.54) is 18.9 Å². The molecule has 0 unspecified atom stereocenters. The van der Waals surface area contributed by atoms with E-state index in [0.29, 0.717) is 0 Å². The Morgan fingerprint density at radius 2 is 1.48 bits per heavy atom. The molecule has 0 saturated heterocycles. The van der Waals surface area contributed by atoms with Gasteiger partial charge in [0.1, 0.15) is 5.75 Å². The molecule has 162 valence electrons. The van der Waals surface area contributed by atoms with E-state index in [1.54, 1.807) is 0 Å². The Bertz CT molecular complexity index is 485. The fraction of sp³-hybridized carbons (Fsp3) is 0.652. The number of ether oxygens (including phenoxy) is 1. The number of rotatable bonds is 11. The summed E-state index contributed by atoms with van der Waals surface area (Å²) < 4.78 is 12.5. The summed E-state index contributed by atoms with van der Waals surface area (Å²) in [5, 5.41) is 0. The Kier molecular flexibility index (Phi) is 20.2. The van der Waals surface area contributed by atoms with Crippen molar-refractivity contribution in [1.82, 2.24) is 0 Å². The molecule has 0 heterocycles. The molecular formula is C23H50O2Si2. The molecule has 1 aromatic carbocycles. The minimum atomic E-state index is -1.58. The number of unbranched alkanes of at least 4 members (excludes halogenated alkanes) is 1. The third kappa shape index (κ3) is 14.8. The summed E-state index contributed by atoms with van der Waals surface area (Å²) in [7, 11) is -3.07. The maximum absolute atomic E-state index is 6.63. The molecule has 0 fully saturated rings. The average Bonchev–Trinajstić information content (AvgIpc) is 2.49. The maximum Gasteiger partial charge on any atom is 0.173 e. The highest BCUT2D eigenvalue weighted by Gasteiger charge is 2.32. The van der Waals surface area contributed by atoms with E-state index in [-0.39, 0.29) is 29.7 Å². The van der Waals surface area contributed by atoms with Gasteiger partial charge in [-0.3, -0.25) is 0 Å². The molecule has 0 aliphatic carbocycles. The first-order valence-corrected chi connectivity index (χ1v) is 15.1. The van der Waals surface area contributed by atoms with Gasteiger partial charge in [0.25, 0.3) is 0 Å². The zero-order valence-electron chi connectivity index (χ0n) is 15.7. The van der Waals surface area contributed by atoms with Crippen molar-refractivity contribution >= 4 is 22.7 Å². The molecule has 0 amide bonds. The Morgan fingerprint density at radius 1 is 0.926 bits per heavy atom. The lowest BCUT2D eigenvalue weighted by molar-refractivity contribution is 0.314. The third-order valence-corrected chi connectivity index (χ3v) is 11.5. The second-order valence-corrected chi connectivity index (χ2v) is 16.3. The molecule has 27 heavy (non-hydrogen) atoms. The van der Waals surface area contributed by atoms with Gasteiger partial charge in [0.2, 0.25) is 0 Å². The normalized spacial score (nSPS) is 10.4. The van der Waals surface area contributed by atoms with Gasteiger partial charge in [-0.15, -0.1) is 0 Å². The van der Waals surface area contributed by atoms with Crippen molar-refractivity contribution in [3.8, 4) is 5.75 Å². The topological polar surface area (TPSA) is 18.5 Å². The fourth-order valence-corrected chi connectivity index (χ4v) is 11.9. The molecule has 0 bridgehead atoms. The molecular weight excluding hydrogens is 364 g/mol. The molecule has 0 atom stereocenters. The molecule has 0 saturated carbocycles. The van der Waals surface area contributed by atoms with Crippen LogP contribution in [0.3, 0.4) is 0 Å². The van der Waals surface area contributed by atoms with E-state index in [4.69, 9.17) is 8.85 Å². The molecule has 4 heteroatoms. The van der Waals surface area contributed by atoms with Crippen molar-refractivity contribution in [3.05, 3.63) is 36.4 Å². The summed E-state index contributed by atoms with van der Waals surface area (Å²) in [5.41, 5.74) is 1.10. The zero-order chi connectivity index (χ0) is 17.3. The SMILES string of the molecule is C.C.C.C.C=Cc1cccc(OCCC[Si](C)(C)O[Si](C)(C)CCCC)c1. The van der Waals surface area contributed by atoms with Gasteiger partial charge in [0.15, 0.2) is 16.6 Å². The quantitative estimate of drug-likeness (QED) is 0.266. The van der Waals surface area contributed by atoms with E-state index in [9.17, 15) is 0 Å². The van der Waals surface area contributed by atoms with Gasteiger partial charge in [0.05, 0.1) is 6.61 Å². The van der Waals surface area contributed by atoms with Crippen molar-refractivity contribution < 1.29 is 8.85 Å². The lowest BCUT2D eigenvalue weighted by Gasteiger charge is -2.34. The third-order valence-electron chi connectivity index (χ3n) is 3.97. The monoisotopic (exact) mass is 414 g/mol. The van der Waals surface area contributed by atoms with E-state index in [0.717, 1.165) is 30.4 Å². The van der Waals surface area contributed by atoms with Crippen LogP contribution in [0.15, 0.2) is 30.8 Å². The van der Waals surface area contributed by atoms with Crippen LogP contribution >= 0.6 is 0 Å². The van der Waals surface area contributed by atoms with Crippen LogP contribution in [0, 0.1) is 0 Å². The van der Waals surface area contributed by atoms with Gasteiger partial charge < -0.3 is 8.85 Å². The first-order valence-electron chi connectivity index (χ1n) is 8.83. The number of hydrogen-bond acceptors (Lipinski definition) is 2. The minimum absolute atomic E-state index is 0. The highest BCUT2D eigenvalue weighted by atomic mass is 28.4. The van der Waals surface area contributed by atoms with E-state index in [1.807, 2.05) is 30.3 Å². The van der Waals surface area contributed by atoms with Crippen LogP contribution in [-0.4, -0.2) is 23.2 Å². The lowest BCUT2D eigenvalue weighted by Crippen LogP contribution is -2.44. The van der Waals surface area contributed by atoms with Crippen LogP contribution in [0.4, 0.5) is 0 Å². The largest absolute Gasteiger partial charge is 0.494 e. The van der Waals surface area contributed by atoms with Crippen LogP contribution in [0.2, 0.25) is 38.3 Å². The number of benzene rings is 1. The summed E-state index contributed by atoms with van der Waals surface area (Å²) in [5.74, 6) is 0.931. The summed E-state index contributed by atoms with van der Waals surface area (Å²) >= 11 is 0. The Morgan fingerprint density at radius 3 is 2.00 bits per heavy atom.